The third-order valence-corrected chi connectivity index (χ3v) is 2.71. The maximum atomic E-state index is 12.7. The Morgan fingerprint density at radius 3 is 2.45 bits per heavy atom. The average Bonchev–Trinajstić information content (AvgIpc) is 2.33. The van der Waals surface area contributed by atoms with Crippen molar-refractivity contribution in [2.24, 2.45) is 5.73 Å². The van der Waals surface area contributed by atoms with Gasteiger partial charge in [0.15, 0.2) is 0 Å². The lowest BCUT2D eigenvalue weighted by Crippen LogP contribution is -2.38. The minimum atomic E-state index is -4.59. The monoisotopic (exact) mass is 285 g/mol. The highest BCUT2D eigenvalue weighted by atomic mass is 19.4. The lowest BCUT2D eigenvalue weighted by Gasteiger charge is -2.28. The van der Waals surface area contributed by atoms with Crippen LogP contribution in [-0.2, 0) is 11.0 Å². The summed E-state index contributed by atoms with van der Waals surface area (Å²) in [6.45, 7) is 3.41. The second-order valence-corrected chi connectivity index (χ2v) is 4.53. The second kappa shape index (κ2) is 5.82. The van der Waals surface area contributed by atoms with Crippen LogP contribution in [0.1, 0.15) is 25.0 Å². The molecule has 1 aromatic rings. The fourth-order valence-electron chi connectivity index (χ4n) is 1.79. The summed E-state index contributed by atoms with van der Waals surface area (Å²) in [5.41, 5.74) is 3.99. The summed E-state index contributed by atoms with van der Waals surface area (Å²) in [7, 11) is 0. The molecular formula is C13H14F3N3O. The Morgan fingerprint density at radius 2 is 2.05 bits per heavy atom. The maximum absolute atomic E-state index is 12.7. The van der Waals surface area contributed by atoms with Gasteiger partial charge in [-0.3, -0.25) is 4.79 Å². The van der Waals surface area contributed by atoms with Crippen LogP contribution in [0.2, 0.25) is 0 Å². The van der Waals surface area contributed by atoms with E-state index in [9.17, 15) is 18.0 Å². The molecule has 0 unspecified atom stereocenters. The lowest BCUT2D eigenvalue weighted by molar-refractivity contribution is -0.137. The number of carbonyl (C=O) groups is 1. The quantitative estimate of drug-likeness (QED) is 0.922. The first-order valence-electron chi connectivity index (χ1n) is 5.83. The number of anilines is 1. The van der Waals surface area contributed by atoms with Gasteiger partial charge in [0.2, 0.25) is 5.91 Å². The number of nitrogens with zero attached hydrogens (tertiary/aromatic N) is 2. The highest BCUT2D eigenvalue weighted by Gasteiger charge is 2.33. The number of carbonyl (C=O) groups excluding carboxylic acids is 1. The first-order valence-corrected chi connectivity index (χ1v) is 5.83. The molecule has 0 bridgehead atoms. The Morgan fingerprint density at radius 1 is 1.45 bits per heavy atom. The van der Waals surface area contributed by atoms with Gasteiger partial charge >= 0.3 is 6.18 Å². The molecule has 2 N–H and O–H groups in total. The van der Waals surface area contributed by atoms with E-state index >= 15 is 0 Å². The number of hydrogen-bond donors (Lipinski definition) is 1. The molecule has 108 valence electrons. The van der Waals surface area contributed by atoms with Crippen LogP contribution < -0.4 is 10.6 Å². The third kappa shape index (κ3) is 3.63. The van der Waals surface area contributed by atoms with Gasteiger partial charge in [-0.1, -0.05) is 0 Å². The summed E-state index contributed by atoms with van der Waals surface area (Å²) in [6, 6.07) is 4.56. The predicted octanol–water partition coefficient (Wildman–Crippen LogP) is 2.28. The molecule has 0 heterocycles. The van der Waals surface area contributed by atoms with Crippen molar-refractivity contribution in [3.8, 4) is 6.07 Å². The van der Waals surface area contributed by atoms with E-state index in [1.54, 1.807) is 13.8 Å². The fourth-order valence-corrected chi connectivity index (χ4v) is 1.79. The molecule has 0 aliphatic rings. The van der Waals surface area contributed by atoms with Crippen molar-refractivity contribution in [1.29, 1.82) is 5.26 Å². The van der Waals surface area contributed by atoms with E-state index in [1.165, 1.54) is 17.0 Å². The minimum absolute atomic E-state index is 0.131. The van der Waals surface area contributed by atoms with E-state index in [0.29, 0.717) is 5.69 Å². The van der Waals surface area contributed by atoms with Crippen molar-refractivity contribution in [2.45, 2.75) is 26.1 Å². The molecule has 0 fully saturated rings. The van der Waals surface area contributed by atoms with Gasteiger partial charge in [0.25, 0.3) is 0 Å². The fraction of sp³-hybridized carbons (Fsp3) is 0.385. The van der Waals surface area contributed by atoms with Gasteiger partial charge in [0.05, 0.1) is 23.7 Å². The number of nitrogens with two attached hydrogens (primary N) is 1. The smallest absolute Gasteiger partial charge is 0.368 e. The normalized spacial score (nSPS) is 11.2. The van der Waals surface area contributed by atoms with Gasteiger partial charge in [-0.15, -0.1) is 0 Å². The van der Waals surface area contributed by atoms with Crippen LogP contribution in [0, 0.1) is 11.3 Å². The molecule has 20 heavy (non-hydrogen) atoms. The molecule has 4 nitrogen and oxygen atoms in total. The van der Waals surface area contributed by atoms with Crippen LogP contribution in [0.5, 0.6) is 0 Å². The van der Waals surface area contributed by atoms with Crippen molar-refractivity contribution < 1.29 is 18.0 Å². The van der Waals surface area contributed by atoms with Crippen molar-refractivity contribution in [3.63, 3.8) is 0 Å². The number of primary amides is 1. The van der Waals surface area contributed by atoms with Crippen molar-refractivity contribution in [2.75, 3.05) is 11.4 Å². The number of nitriles is 1. The molecule has 0 aliphatic carbocycles. The zero-order chi connectivity index (χ0) is 15.5. The first kappa shape index (κ1) is 15.8. The summed E-state index contributed by atoms with van der Waals surface area (Å²) in [5.74, 6) is -0.600. The summed E-state index contributed by atoms with van der Waals surface area (Å²) in [5, 5.41) is 8.85. The van der Waals surface area contributed by atoms with E-state index < -0.39 is 23.2 Å². The van der Waals surface area contributed by atoms with Gasteiger partial charge in [-0.25, -0.2) is 0 Å². The molecule has 0 atom stereocenters. The summed E-state index contributed by atoms with van der Waals surface area (Å²) in [6.07, 6.45) is -4.59. The SMILES string of the molecule is CC(C)N(CC(N)=O)c1ccc(C(F)(F)F)c(C#N)c1. The van der Waals surface area contributed by atoms with Gasteiger partial charge in [-0.05, 0) is 32.0 Å². The molecule has 0 saturated heterocycles. The van der Waals surface area contributed by atoms with Crippen LogP contribution in [0.4, 0.5) is 18.9 Å². The Bertz CT molecular complexity index is 547. The lowest BCUT2D eigenvalue weighted by atomic mass is 10.1. The van der Waals surface area contributed by atoms with Crippen LogP contribution in [0.15, 0.2) is 18.2 Å². The zero-order valence-electron chi connectivity index (χ0n) is 11.0. The largest absolute Gasteiger partial charge is 0.417 e. The number of halogens is 3. The van der Waals surface area contributed by atoms with Gasteiger partial charge in [0.1, 0.15) is 0 Å². The van der Waals surface area contributed by atoms with E-state index in [2.05, 4.69) is 0 Å². The summed E-state index contributed by atoms with van der Waals surface area (Å²) >= 11 is 0. The molecule has 0 saturated carbocycles. The predicted molar refractivity (Wildman–Crippen MR) is 67.8 cm³/mol. The number of rotatable bonds is 4. The standard InChI is InChI=1S/C13H14F3N3O/c1-8(2)19(7-12(18)20)10-3-4-11(13(14,15)16)9(5-10)6-17/h3-5,8H,7H2,1-2H3,(H2,18,20). The molecule has 1 amide bonds. The Hall–Kier alpha value is -2.23. The number of benzene rings is 1. The third-order valence-electron chi connectivity index (χ3n) is 2.71. The second-order valence-electron chi connectivity index (χ2n) is 4.53. The Balaban J connectivity index is 3.27. The van der Waals surface area contributed by atoms with E-state index in [1.807, 2.05) is 0 Å². The van der Waals surface area contributed by atoms with Gasteiger partial charge in [0, 0.05) is 11.7 Å². The Kier molecular flexibility index (Phi) is 4.61. The molecule has 7 heteroatoms. The molecule has 0 spiro atoms. The number of amides is 1. The van der Waals surface area contributed by atoms with Crippen molar-refractivity contribution in [3.05, 3.63) is 29.3 Å². The molecular weight excluding hydrogens is 271 g/mol. The van der Waals surface area contributed by atoms with Crippen molar-refractivity contribution >= 4 is 11.6 Å². The van der Waals surface area contributed by atoms with E-state index in [0.717, 1.165) is 12.1 Å². The zero-order valence-corrected chi connectivity index (χ0v) is 11.0. The van der Waals surface area contributed by atoms with Crippen LogP contribution in [-0.4, -0.2) is 18.5 Å². The minimum Gasteiger partial charge on any atom is -0.368 e. The highest BCUT2D eigenvalue weighted by molar-refractivity contribution is 5.79. The van der Waals surface area contributed by atoms with Gasteiger partial charge in [-0.2, -0.15) is 18.4 Å². The van der Waals surface area contributed by atoms with E-state index in [-0.39, 0.29) is 12.6 Å². The Labute approximate surface area is 114 Å². The molecule has 1 rings (SSSR count). The molecule has 0 aromatic heterocycles. The number of hydrogen-bond acceptors (Lipinski definition) is 3. The summed E-state index contributed by atoms with van der Waals surface area (Å²) < 4.78 is 38.1. The summed E-state index contributed by atoms with van der Waals surface area (Å²) in [4.78, 5) is 12.5. The molecule has 1 aromatic carbocycles. The average molecular weight is 285 g/mol. The highest BCUT2D eigenvalue weighted by Crippen LogP contribution is 2.33. The molecule has 0 aliphatic heterocycles. The van der Waals surface area contributed by atoms with Crippen LogP contribution in [0.3, 0.4) is 0 Å². The number of alkyl halides is 3. The van der Waals surface area contributed by atoms with Gasteiger partial charge < -0.3 is 10.6 Å². The van der Waals surface area contributed by atoms with Crippen LogP contribution >= 0.6 is 0 Å². The molecule has 0 radical (unpaired) electrons. The topological polar surface area (TPSA) is 70.1 Å². The van der Waals surface area contributed by atoms with Crippen LogP contribution in [0.25, 0.3) is 0 Å². The van der Waals surface area contributed by atoms with E-state index in [4.69, 9.17) is 11.0 Å². The van der Waals surface area contributed by atoms with Crippen molar-refractivity contribution in [1.82, 2.24) is 0 Å². The maximum Gasteiger partial charge on any atom is 0.417 e. The first-order chi connectivity index (χ1) is 9.16.